The molecule has 0 aliphatic carbocycles. The molecule has 1 aliphatic heterocycles. The van der Waals surface area contributed by atoms with E-state index in [0.717, 1.165) is 31.7 Å². The largest absolute Gasteiger partial charge is 0.503 e. The maximum absolute atomic E-state index is 11.8. The summed E-state index contributed by atoms with van der Waals surface area (Å²) in [4.78, 5) is 14.2. The van der Waals surface area contributed by atoms with Gasteiger partial charge in [0.15, 0.2) is 5.75 Å². The molecule has 1 saturated heterocycles. The topological polar surface area (TPSA) is 54.7 Å². The molecule has 1 aromatic heterocycles. The molecular formula is C17H28N2O3. The van der Waals surface area contributed by atoms with Crippen LogP contribution in [0.4, 0.5) is 0 Å². The second kappa shape index (κ2) is 8.34. The van der Waals surface area contributed by atoms with E-state index in [1.165, 1.54) is 19.3 Å². The van der Waals surface area contributed by atoms with E-state index >= 15 is 0 Å². The summed E-state index contributed by atoms with van der Waals surface area (Å²) in [5, 5.41) is 9.71. The van der Waals surface area contributed by atoms with Crippen LogP contribution in [0.5, 0.6) is 5.75 Å². The lowest BCUT2D eigenvalue weighted by Gasteiger charge is -2.34. The van der Waals surface area contributed by atoms with Gasteiger partial charge in [-0.25, -0.2) is 0 Å². The molecule has 2 heterocycles. The number of hydrogen-bond donors (Lipinski definition) is 1. The standard InChI is InChI=1S/C17H28N2O3/c1-3-22-10-6-9-19-13-17(21)16(20)11-15(19)12-18-8-5-4-7-14(18)2/h11,13-14,21H,3-10,12H2,1-2H3. The normalized spacial score (nSPS) is 19.5. The zero-order valence-corrected chi connectivity index (χ0v) is 13.8. The van der Waals surface area contributed by atoms with Gasteiger partial charge in [-0.05, 0) is 39.7 Å². The molecule has 0 spiro atoms. The van der Waals surface area contributed by atoms with Crippen molar-refractivity contribution >= 4 is 0 Å². The number of likely N-dealkylation sites (tertiary alicyclic amines) is 1. The first-order valence-electron chi connectivity index (χ1n) is 8.36. The van der Waals surface area contributed by atoms with Crippen molar-refractivity contribution in [2.24, 2.45) is 0 Å². The number of nitrogens with zero attached hydrogens (tertiary/aromatic N) is 2. The van der Waals surface area contributed by atoms with E-state index in [1.54, 1.807) is 12.3 Å². The van der Waals surface area contributed by atoms with Crippen molar-refractivity contribution in [2.75, 3.05) is 19.8 Å². The number of aromatic hydroxyl groups is 1. The Morgan fingerprint density at radius 2 is 2.23 bits per heavy atom. The maximum Gasteiger partial charge on any atom is 0.223 e. The summed E-state index contributed by atoms with van der Waals surface area (Å²) in [5.41, 5.74) is 0.689. The predicted molar refractivity (Wildman–Crippen MR) is 87.2 cm³/mol. The fraction of sp³-hybridized carbons (Fsp3) is 0.706. The second-order valence-electron chi connectivity index (χ2n) is 6.07. The summed E-state index contributed by atoms with van der Waals surface area (Å²) in [7, 11) is 0. The highest BCUT2D eigenvalue weighted by molar-refractivity contribution is 5.20. The minimum Gasteiger partial charge on any atom is -0.503 e. The Kier molecular flexibility index (Phi) is 6.46. The van der Waals surface area contributed by atoms with Crippen LogP contribution in [0.15, 0.2) is 17.1 Å². The lowest BCUT2D eigenvalue weighted by atomic mass is 10.0. The Hall–Kier alpha value is -1.33. The van der Waals surface area contributed by atoms with E-state index in [-0.39, 0.29) is 11.2 Å². The number of ether oxygens (including phenoxy) is 1. The number of piperidine rings is 1. The summed E-state index contributed by atoms with van der Waals surface area (Å²) in [5.74, 6) is -0.174. The number of aromatic nitrogens is 1. The third-order valence-corrected chi connectivity index (χ3v) is 4.39. The zero-order valence-electron chi connectivity index (χ0n) is 13.8. The highest BCUT2D eigenvalue weighted by Gasteiger charge is 2.19. The molecule has 1 fully saturated rings. The monoisotopic (exact) mass is 308 g/mol. The van der Waals surface area contributed by atoms with Crippen molar-refractivity contribution in [3.63, 3.8) is 0 Å². The first-order valence-corrected chi connectivity index (χ1v) is 8.36. The number of pyridine rings is 1. The molecule has 22 heavy (non-hydrogen) atoms. The SMILES string of the molecule is CCOCCCn1cc(O)c(=O)cc1CN1CCCCC1C. The van der Waals surface area contributed by atoms with Gasteiger partial charge in [-0.3, -0.25) is 9.69 Å². The molecule has 0 amide bonds. The zero-order chi connectivity index (χ0) is 15.9. The van der Waals surface area contributed by atoms with Crippen molar-refractivity contribution in [3.05, 3.63) is 28.2 Å². The summed E-state index contributed by atoms with van der Waals surface area (Å²) < 4.78 is 7.37. The Morgan fingerprint density at radius 3 is 2.95 bits per heavy atom. The van der Waals surface area contributed by atoms with E-state index in [9.17, 15) is 9.90 Å². The van der Waals surface area contributed by atoms with E-state index < -0.39 is 0 Å². The van der Waals surface area contributed by atoms with E-state index in [0.29, 0.717) is 19.3 Å². The molecule has 2 rings (SSSR count). The van der Waals surface area contributed by atoms with Crippen LogP contribution < -0.4 is 5.43 Å². The van der Waals surface area contributed by atoms with Crippen molar-refractivity contribution in [1.29, 1.82) is 0 Å². The smallest absolute Gasteiger partial charge is 0.223 e. The Balaban J connectivity index is 2.09. The van der Waals surface area contributed by atoms with E-state index in [4.69, 9.17) is 4.74 Å². The second-order valence-corrected chi connectivity index (χ2v) is 6.07. The van der Waals surface area contributed by atoms with Gasteiger partial charge in [-0.2, -0.15) is 0 Å². The van der Waals surface area contributed by atoms with E-state index in [1.807, 2.05) is 11.5 Å². The van der Waals surface area contributed by atoms with Crippen molar-refractivity contribution in [3.8, 4) is 5.75 Å². The van der Waals surface area contributed by atoms with E-state index in [2.05, 4.69) is 11.8 Å². The van der Waals surface area contributed by atoms with Crippen LogP contribution in [0.2, 0.25) is 0 Å². The molecule has 1 aromatic rings. The lowest BCUT2D eigenvalue weighted by Crippen LogP contribution is -2.37. The van der Waals surface area contributed by atoms with Gasteiger partial charge in [-0.15, -0.1) is 0 Å². The minimum absolute atomic E-state index is 0.174. The average molecular weight is 308 g/mol. The number of rotatable bonds is 7. The fourth-order valence-electron chi connectivity index (χ4n) is 3.03. The lowest BCUT2D eigenvalue weighted by molar-refractivity contribution is 0.137. The molecule has 5 heteroatoms. The van der Waals surface area contributed by atoms with Crippen LogP contribution in [0.3, 0.4) is 0 Å². The maximum atomic E-state index is 11.8. The van der Waals surface area contributed by atoms with Gasteiger partial charge in [0.1, 0.15) is 0 Å². The van der Waals surface area contributed by atoms with Crippen LogP contribution in [-0.4, -0.2) is 40.4 Å². The highest BCUT2D eigenvalue weighted by atomic mass is 16.5. The van der Waals surface area contributed by atoms with Crippen molar-refractivity contribution in [2.45, 2.75) is 58.7 Å². The highest BCUT2D eigenvalue weighted by Crippen LogP contribution is 2.19. The van der Waals surface area contributed by atoms with Gasteiger partial charge in [-0.1, -0.05) is 6.42 Å². The van der Waals surface area contributed by atoms with Gasteiger partial charge in [0, 0.05) is 44.1 Å². The van der Waals surface area contributed by atoms with Crippen LogP contribution in [0.1, 0.15) is 45.2 Å². The van der Waals surface area contributed by atoms with Gasteiger partial charge in [0.2, 0.25) is 5.43 Å². The molecule has 0 saturated carbocycles. The Bertz CT molecular complexity index is 527. The molecule has 0 radical (unpaired) electrons. The summed E-state index contributed by atoms with van der Waals surface area (Å²) >= 11 is 0. The predicted octanol–water partition coefficient (Wildman–Crippen LogP) is 2.35. The molecule has 1 N–H and O–H groups in total. The van der Waals surface area contributed by atoms with Gasteiger partial charge in [0.25, 0.3) is 0 Å². The average Bonchev–Trinajstić information content (AvgIpc) is 2.50. The Morgan fingerprint density at radius 1 is 1.41 bits per heavy atom. The fourth-order valence-corrected chi connectivity index (χ4v) is 3.03. The molecule has 0 bridgehead atoms. The van der Waals surface area contributed by atoms with Crippen LogP contribution in [0.25, 0.3) is 0 Å². The van der Waals surface area contributed by atoms with Crippen LogP contribution in [0, 0.1) is 0 Å². The molecular weight excluding hydrogens is 280 g/mol. The van der Waals surface area contributed by atoms with Gasteiger partial charge < -0.3 is 14.4 Å². The molecule has 5 nitrogen and oxygen atoms in total. The van der Waals surface area contributed by atoms with Gasteiger partial charge >= 0.3 is 0 Å². The summed E-state index contributed by atoms with van der Waals surface area (Å²) in [6.07, 6.45) is 6.16. The molecule has 1 unspecified atom stereocenters. The first-order chi connectivity index (χ1) is 10.6. The quantitative estimate of drug-likeness (QED) is 0.786. The molecule has 124 valence electrons. The van der Waals surface area contributed by atoms with Crippen molar-refractivity contribution in [1.82, 2.24) is 9.47 Å². The summed E-state index contributed by atoms with van der Waals surface area (Å²) in [6.45, 7) is 8.24. The number of hydrogen-bond acceptors (Lipinski definition) is 4. The van der Waals surface area contributed by atoms with Crippen LogP contribution in [-0.2, 0) is 17.8 Å². The minimum atomic E-state index is -0.291. The van der Waals surface area contributed by atoms with Gasteiger partial charge in [0.05, 0.1) is 6.20 Å². The van der Waals surface area contributed by atoms with Crippen LogP contribution >= 0.6 is 0 Å². The molecule has 0 aromatic carbocycles. The third kappa shape index (κ3) is 4.58. The summed E-state index contributed by atoms with van der Waals surface area (Å²) in [6, 6.07) is 2.13. The third-order valence-electron chi connectivity index (χ3n) is 4.39. The first kappa shape index (κ1) is 17.0. The molecule has 1 atom stereocenters. The van der Waals surface area contributed by atoms with Crippen molar-refractivity contribution < 1.29 is 9.84 Å². The molecule has 1 aliphatic rings. The number of aryl methyl sites for hydroxylation is 1. The Labute approximate surface area is 132 Å².